The van der Waals surface area contributed by atoms with Crippen LogP contribution < -0.4 is 0 Å². The second kappa shape index (κ2) is 5.74. The molecule has 0 bridgehead atoms. The molecule has 1 aliphatic heterocycles. The smallest absolute Gasteiger partial charge is 0.340 e. The average Bonchev–Trinajstić information content (AvgIpc) is 2.80. The number of benzene rings is 1. The number of carbonyl (C=O) groups excluding carboxylic acids is 1. The van der Waals surface area contributed by atoms with Gasteiger partial charge in [-0.2, -0.15) is 0 Å². The molecule has 3 rings (SSSR count). The molecule has 0 amide bonds. The summed E-state index contributed by atoms with van der Waals surface area (Å²) in [5.74, 6) is -0.314. The summed E-state index contributed by atoms with van der Waals surface area (Å²) in [6, 6.07) is 4.07. The van der Waals surface area contributed by atoms with Crippen molar-refractivity contribution in [1.29, 1.82) is 0 Å². The van der Waals surface area contributed by atoms with Gasteiger partial charge in [0, 0.05) is 37.1 Å². The van der Waals surface area contributed by atoms with Crippen molar-refractivity contribution in [3.63, 3.8) is 0 Å². The van der Waals surface area contributed by atoms with Gasteiger partial charge in [-0.15, -0.1) is 0 Å². The first-order chi connectivity index (χ1) is 10.6. The van der Waals surface area contributed by atoms with E-state index in [-0.39, 0.29) is 12.6 Å². The van der Waals surface area contributed by atoms with Crippen LogP contribution in [0.2, 0.25) is 0 Å². The lowest BCUT2D eigenvalue weighted by Gasteiger charge is -2.24. The maximum absolute atomic E-state index is 12.3. The normalized spacial score (nSPS) is 15.1. The Bertz CT molecular complexity index is 733. The molecule has 0 unspecified atom stereocenters. The summed E-state index contributed by atoms with van der Waals surface area (Å²) in [6.45, 7) is 4.34. The van der Waals surface area contributed by atoms with Gasteiger partial charge < -0.3 is 19.3 Å². The summed E-state index contributed by atoms with van der Waals surface area (Å²) in [4.78, 5) is 14.6. The van der Waals surface area contributed by atoms with Gasteiger partial charge in [-0.05, 0) is 25.1 Å². The molecule has 1 aliphatic rings. The molecule has 5 heteroatoms. The van der Waals surface area contributed by atoms with Gasteiger partial charge in [0.05, 0.1) is 24.8 Å². The van der Waals surface area contributed by atoms with E-state index in [1.807, 2.05) is 13.0 Å². The van der Waals surface area contributed by atoms with E-state index in [0.29, 0.717) is 12.1 Å². The third-order valence-electron chi connectivity index (χ3n) is 4.53. The van der Waals surface area contributed by atoms with Crippen LogP contribution in [0, 0.1) is 6.92 Å². The molecule has 118 valence electrons. The molecule has 2 aromatic rings. The number of aromatic nitrogens is 1. The summed E-state index contributed by atoms with van der Waals surface area (Å²) in [5, 5.41) is 10.6. The van der Waals surface area contributed by atoms with E-state index < -0.39 is 0 Å². The van der Waals surface area contributed by atoms with Gasteiger partial charge in [-0.1, -0.05) is 12.1 Å². The van der Waals surface area contributed by atoms with Gasteiger partial charge in [0.1, 0.15) is 0 Å². The van der Waals surface area contributed by atoms with Crippen LogP contribution in [0.25, 0.3) is 10.9 Å². The predicted octanol–water partition coefficient (Wildman–Crippen LogP) is 1.72. The Labute approximate surface area is 130 Å². The fraction of sp³-hybridized carbons (Fsp3) is 0.471. The Morgan fingerprint density at radius 3 is 2.86 bits per heavy atom. The Balaban J connectivity index is 2.36. The minimum Gasteiger partial charge on any atom is -0.465 e. The molecule has 22 heavy (non-hydrogen) atoms. The zero-order valence-electron chi connectivity index (χ0n) is 13.3. The number of methoxy groups -OCH3 is 1. The van der Waals surface area contributed by atoms with Crippen molar-refractivity contribution in [2.45, 2.75) is 26.4 Å². The molecule has 0 aliphatic carbocycles. The van der Waals surface area contributed by atoms with Crippen molar-refractivity contribution < 1.29 is 14.6 Å². The Morgan fingerprint density at radius 1 is 1.41 bits per heavy atom. The van der Waals surface area contributed by atoms with Crippen LogP contribution in [0.5, 0.6) is 0 Å². The van der Waals surface area contributed by atoms with Crippen molar-refractivity contribution in [2.24, 2.45) is 0 Å². The molecule has 5 nitrogen and oxygen atoms in total. The summed E-state index contributed by atoms with van der Waals surface area (Å²) in [7, 11) is 3.52. The Kier molecular flexibility index (Phi) is 3.93. The maximum atomic E-state index is 12.3. The fourth-order valence-corrected chi connectivity index (χ4v) is 3.48. The third-order valence-corrected chi connectivity index (χ3v) is 4.53. The fourth-order valence-electron chi connectivity index (χ4n) is 3.48. The molecule has 2 heterocycles. The van der Waals surface area contributed by atoms with Crippen LogP contribution in [0.1, 0.15) is 27.2 Å². The van der Waals surface area contributed by atoms with E-state index in [0.717, 1.165) is 36.0 Å². The monoisotopic (exact) mass is 302 g/mol. The standard InChI is InChI=1S/C17H22N2O3/c1-11-4-5-12-13-10-18(2)7-6-14(13)19(8-9-20)16(12)15(11)17(21)22-3/h4-5,20H,6-10H2,1-3H3. The molecule has 0 saturated carbocycles. The number of fused-ring (bicyclic) bond motifs is 3. The zero-order chi connectivity index (χ0) is 15.9. The average molecular weight is 302 g/mol. The maximum Gasteiger partial charge on any atom is 0.340 e. The number of carbonyl (C=O) groups is 1. The molecule has 0 saturated heterocycles. The molecular formula is C17H22N2O3. The van der Waals surface area contributed by atoms with Gasteiger partial charge in [0.15, 0.2) is 0 Å². The van der Waals surface area contributed by atoms with Crippen LogP contribution in [0.3, 0.4) is 0 Å². The first-order valence-corrected chi connectivity index (χ1v) is 7.59. The van der Waals surface area contributed by atoms with E-state index in [2.05, 4.69) is 22.6 Å². The molecule has 0 atom stereocenters. The lowest BCUT2D eigenvalue weighted by Crippen LogP contribution is -2.27. The van der Waals surface area contributed by atoms with E-state index in [1.54, 1.807) is 0 Å². The summed E-state index contributed by atoms with van der Waals surface area (Å²) in [5.41, 5.74) is 4.92. The molecular weight excluding hydrogens is 280 g/mol. The van der Waals surface area contributed by atoms with Crippen molar-refractivity contribution in [1.82, 2.24) is 9.47 Å². The number of esters is 1. The van der Waals surface area contributed by atoms with Crippen LogP contribution in [0.4, 0.5) is 0 Å². The van der Waals surface area contributed by atoms with Crippen LogP contribution >= 0.6 is 0 Å². The van der Waals surface area contributed by atoms with E-state index in [4.69, 9.17) is 4.74 Å². The highest BCUT2D eigenvalue weighted by atomic mass is 16.5. The van der Waals surface area contributed by atoms with Gasteiger partial charge in [-0.25, -0.2) is 4.79 Å². The Morgan fingerprint density at radius 2 is 2.18 bits per heavy atom. The molecule has 1 N–H and O–H groups in total. The minimum absolute atomic E-state index is 0.0562. The van der Waals surface area contributed by atoms with Crippen LogP contribution in [0.15, 0.2) is 12.1 Å². The number of ether oxygens (including phenoxy) is 1. The number of hydrogen-bond acceptors (Lipinski definition) is 4. The highest BCUT2D eigenvalue weighted by Crippen LogP contribution is 2.34. The lowest BCUT2D eigenvalue weighted by atomic mass is 10.0. The van der Waals surface area contributed by atoms with Gasteiger partial charge in [0.25, 0.3) is 0 Å². The lowest BCUT2D eigenvalue weighted by molar-refractivity contribution is 0.0601. The molecule has 1 aromatic heterocycles. The summed E-state index contributed by atoms with van der Waals surface area (Å²) in [6.07, 6.45) is 0.931. The largest absolute Gasteiger partial charge is 0.465 e. The number of nitrogens with zero attached hydrogens (tertiary/aromatic N) is 2. The van der Waals surface area contributed by atoms with Crippen LogP contribution in [-0.2, 0) is 24.2 Å². The van der Waals surface area contributed by atoms with Crippen molar-refractivity contribution >= 4 is 16.9 Å². The first kappa shape index (κ1) is 15.1. The van der Waals surface area contributed by atoms with Crippen molar-refractivity contribution in [3.05, 3.63) is 34.5 Å². The first-order valence-electron chi connectivity index (χ1n) is 7.59. The zero-order valence-corrected chi connectivity index (χ0v) is 13.3. The Hall–Kier alpha value is -1.85. The van der Waals surface area contributed by atoms with Gasteiger partial charge in [-0.3, -0.25) is 0 Å². The predicted molar refractivity (Wildman–Crippen MR) is 85.1 cm³/mol. The quantitative estimate of drug-likeness (QED) is 0.877. The highest BCUT2D eigenvalue weighted by Gasteiger charge is 2.26. The number of aliphatic hydroxyl groups is 1. The second-order valence-electron chi connectivity index (χ2n) is 5.93. The number of rotatable bonds is 3. The molecule has 1 aromatic carbocycles. The van der Waals surface area contributed by atoms with Crippen LogP contribution in [-0.4, -0.2) is 47.9 Å². The van der Waals surface area contributed by atoms with E-state index in [1.165, 1.54) is 18.4 Å². The number of aryl methyl sites for hydroxylation is 1. The summed E-state index contributed by atoms with van der Waals surface area (Å²) < 4.78 is 7.09. The van der Waals surface area contributed by atoms with Gasteiger partial charge in [0.2, 0.25) is 0 Å². The summed E-state index contributed by atoms with van der Waals surface area (Å²) >= 11 is 0. The van der Waals surface area contributed by atoms with Gasteiger partial charge >= 0.3 is 5.97 Å². The second-order valence-corrected chi connectivity index (χ2v) is 5.93. The van der Waals surface area contributed by atoms with E-state index >= 15 is 0 Å². The molecule has 0 spiro atoms. The van der Waals surface area contributed by atoms with E-state index in [9.17, 15) is 9.90 Å². The third kappa shape index (κ3) is 2.21. The van der Waals surface area contributed by atoms with Crippen molar-refractivity contribution in [2.75, 3.05) is 27.3 Å². The SMILES string of the molecule is COC(=O)c1c(C)ccc2c3c(n(CCO)c12)CCN(C)C3. The number of aliphatic hydroxyl groups excluding tert-OH is 1. The number of hydrogen-bond donors (Lipinski definition) is 1. The minimum atomic E-state index is -0.314. The molecule has 0 fully saturated rings. The van der Waals surface area contributed by atoms with Crippen molar-refractivity contribution in [3.8, 4) is 0 Å². The highest BCUT2D eigenvalue weighted by molar-refractivity contribution is 6.06. The molecule has 0 radical (unpaired) electrons. The number of likely N-dealkylation sites (N-methyl/N-ethyl adjacent to an activating group) is 1. The topological polar surface area (TPSA) is 54.7 Å².